The minimum Gasteiger partial charge on any atom is -0.385 e. The second-order valence-corrected chi connectivity index (χ2v) is 6.05. The Morgan fingerprint density at radius 2 is 2.00 bits per heavy atom. The van der Waals surface area contributed by atoms with E-state index < -0.39 is 0 Å². The minimum atomic E-state index is 0. The van der Waals surface area contributed by atoms with Gasteiger partial charge in [0.05, 0.1) is 0 Å². The maximum Gasteiger partial charge on any atom is 0.193 e. The summed E-state index contributed by atoms with van der Waals surface area (Å²) in [5, 5.41) is 3.46. The van der Waals surface area contributed by atoms with Gasteiger partial charge in [-0.25, -0.2) is 0 Å². The number of methoxy groups -OCH3 is 1. The monoisotopic (exact) mass is 395 g/mol. The molecule has 1 aliphatic heterocycles. The zero-order valence-electron chi connectivity index (χ0n) is 13.0. The molecule has 0 aromatic rings. The van der Waals surface area contributed by atoms with Gasteiger partial charge in [0, 0.05) is 40.4 Å². The number of nitrogens with zero attached hydrogens (tertiary/aromatic N) is 2. The molecule has 0 amide bonds. The molecule has 1 saturated carbocycles. The summed E-state index contributed by atoms with van der Waals surface area (Å²) in [4.78, 5) is 6.89. The number of aliphatic imine (C=N–C) groups is 1. The first-order chi connectivity index (χ1) is 9.29. The lowest BCUT2D eigenvalue weighted by Gasteiger charge is -2.33. The largest absolute Gasteiger partial charge is 0.385 e. The molecule has 2 fully saturated rings. The van der Waals surface area contributed by atoms with E-state index in [0.717, 1.165) is 25.5 Å². The second kappa shape index (κ2) is 9.07. The number of hydrogen-bond donors (Lipinski definition) is 1. The second-order valence-electron chi connectivity index (χ2n) is 6.05. The van der Waals surface area contributed by atoms with Gasteiger partial charge in [-0.3, -0.25) is 4.99 Å². The molecule has 1 aliphatic carbocycles. The van der Waals surface area contributed by atoms with E-state index in [1.807, 2.05) is 7.05 Å². The van der Waals surface area contributed by atoms with Gasteiger partial charge in [0.15, 0.2) is 5.96 Å². The van der Waals surface area contributed by atoms with Crippen molar-refractivity contribution in [2.75, 3.05) is 40.4 Å². The van der Waals surface area contributed by atoms with Crippen molar-refractivity contribution < 1.29 is 4.74 Å². The molecule has 0 atom stereocenters. The fourth-order valence-electron chi connectivity index (χ4n) is 3.57. The van der Waals surface area contributed by atoms with Crippen LogP contribution >= 0.6 is 24.0 Å². The highest BCUT2D eigenvalue weighted by atomic mass is 127. The highest BCUT2D eigenvalue weighted by Gasteiger charge is 2.39. The van der Waals surface area contributed by atoms with Crippen LogP contribution in [0.2, 0.25) is 0 Å². The van der Waals surface area contributed by atoms with Crippen LogP contribution in [0.3, 0.4) is 0 Å². The Kier molecular flexibility index (Phi) is 8.17. The lowest BCUT2D eigenvalue weighted by molar-refractivity contribution is 0.194. The average molecular weight is 395 g/mol. The molecule has 0 aromatic heterocycles. The predicted molar refractivity (Wildman–Crippen MR) is 95.0 cm³/mol. The maximum absolute atomic E-state index is 5.08. The molecule has 0 aromatic carbocycles. The zero-order valence-corrected chi connectivity index (χ0v) is 15.3. The summed E-state index contributed by atoms with van der Waals surface area (Å²) in [7, 11) is 3.65. The molecule has 2 aliphatic rings. The van der Waals surface area contributed by atoms with Gasteiger partial charge in [-0.1, -0.05) is 19.3 Å². The van der Waals surface area contributed by atoms with E-state index in [4.69, 9.17) is 4.74 Å². The van der Waals surface area contributed by atoms with Gasteiger partial charge in [-0.15, -0.1) is 24.0 Å². The van der Waals surface area contributed by atoms with Gasteiger partial charge in [0.1, 0.15) is 0 Å². The van der Waals surface area contributed by atoms with Gasteiger partial charge in [-0.2, -0.15) is 0 Å². The number of guanidine groups is 1. The lowest BCUT2D eigenvalue weighted by atomic mass is 9.73. The van der Waals surface area contributed by atoms with Crippen molar-refractivity contribution in [3.05, 3.63) is 0 Å². The molecule has 1 saturated heterocycles. The molecule has 118 valence electrons. The fourth-order valence-corrected chi connectivity index (χ4v) is 3.57. The van der Waals surface area contributed by atoms with E-state index in [-0.39, 0.29) is 24.0 Å². The van der Waals surface area contributed by atoms with Crippen LogP contribution in [-0.4, -0.2) is 51.3 Å². The summed E-state index contributed by atoms with van der Waals surface area (Å²) in [6.07, 6.45) is 9.52. The standard InChI is InChI=1S/C15H29N3O.HI/c1-16-14(17-10-6-12-19-2)18-11-9-15(13-18)7-4-3-5-8-15;/h3-13H2,1-2H3,(H,16,17);1H. The Labute approximate surface area is 140 Å². The number of ether oxygens (including phenoxy) is 1. The van der Waals surface area contributed by atoms with E-state index >= 15 is 0 Å². The third kappa shape index (κ3) is 4.76. The number of nitrogens with one attached hydrogen (secondary N) is 1. The summed E-state index contributed by atoms with van der Waals surface area (Å²) >= 11 is 0. The van der Waals surface area contributed by atoms with Gasteiger partial charge < -0.3 is 15.0 Å². The maximum atomic E-state index is 5.08. The Balaban J connectivity index is 0.00000200. The van der Waals surface area contributed by atoms with Crippen LogP contribution in [0.15, 0.2) is 4.99 Å². The van der Waals surface area contributed by atoms with E-state index in [2.05, 4.69) is 15.2 Å². The number of halogens is 1. The molecule has 1 N–H and O–H groups in total. The number of likely N-dealkylation sites (tertiary alicyclic amines) is 1. The molecule has 0 radical (unpaired) electrons. The van der Waals surface area contributed by atoms with E-state index in [0.29, 0.717) is 5.41 Å². The van der Waals surface area contributed by atoms with Crippen LogP contribution < -0.4 is 5.32 Å². The summed E-state index contributed by atoms with van der Waals surface area (Å²) < 4.78 is 5.08. The molecule has 5 heteroatoms. The van der Waals surface area contributed by atoms with Crippen molar-refractivity contribution in [3.63, 3.8) is 0 Å². The van der Waals surface area contributed by atoms with Crippen LogP contribution in [0.25, 0.3) is 0 Å². The first-order valence-corrected chi connectivity index (χ1v) is 7.74. The molecule has 20 heavy (non-hydrogen) atoms. The average Bonchev–Trinajstić information content (AvgIpc) is 2.83. The third-order valence-corrected chi connectivity index (χ3v) is 4.67. The minimum absolute atomic E-state index is 0. The molecule has 2 rings (SSSR count). The van der Waals surface area contributed by atoms with Crippen molar-refractivity contribution in [2.24, 2.45) is 10.4 Å². The van der Waals surface area contributed by atoms with Gasteiger partial charge in [-0.05, 0) is 31.1 Å². The smallest absolute Gasteiger partial charge is 0.193 e. The molecule has 0 unspecified atom stereocenters. The first-order valence-electron chi connectivity index (χ1n) is 7.74. The van der Waals surface area contributed by atoms with Crippen LogP contribution in [0, 0.1) is 5.41 Å². The van der Waals surface area contributed by atoms with Crippen molar-refractivity contribution in [3.8, 4) is 0 Å². The SMILES string of the molecule is CN=C(NCCCOC)N1CCC2(CCCCC2)C1.I. The van der Waals surface area contributed by atoms with Crippen LogP contribution in [0.1, 0.15) is 44.9 Å². The summed E-state index contributed by atoms with van der Waals surface area (Å²) in [5.41, 5.74) is 0.600. The van der Waals surface area contributed by atoms with Crippen molar-refractivity contribution in [2.45, 2.75) is 44.9 Å². The zero-order chi connectivity index (χ0) is 13.6. The molecule has 1 spiro atoms. The van der Waals surface area contributed by atoms with Gasteiger partial charge >= 0.3 is 0 Å². The molecule has 0 bridgehead atoms. The Hall–Kier alpha value is -0.0400. The summed E-state index contributed by atoms with van der Waals surface area (Å²) in [5.74, 6) is 1.08. The van der Waals surface area contributed by atoms with Crippen LogP contribution in [0.4, 0.5) is 0 Å². The van der Waals surface area contributed by atoms with Gasteiger partial charge in [0.25, 0.3) is 0 Å². The molecular weight excluding hydrogens is 365 g/mol. The molecular formula is C15H30IN3O. The Morgan fingerprint density at radius 3 is 2.65 bits per heavy atom. The number of rotatable bonds is 4. The van der Waals surface area contributed by atoms with Crippen LogP contribution in [-0.2, 0) is 4.74 Å². The Bertz CT molecular complexity index is 303. The summed E-state index contributed by atoms with van der Waals surface area (Å²) in [6, 6.07) is 0. The first kappa shape index (κ1) is 18.0. The highest BCUT2D eigenvalue weighted by molar-refractivity contribution is 14.0. The van der Waals surface area contributed by atoms with E-state index in [9.17, 15) is 0 Å². The van der Waals surface area contributed by atoms with Gasteiger partial charge in [0.2, 0.25) is 0 Å². The quantitative estimate of drug-likeness (QED) is 0.344. The Morgan fingerprint density at radius 1 is 1.25 bits per heavy atom. The molecule has 1 heterocycles. The fraction of sp³-hybridized carbons (Fsp3) is 0.933. The third-order valence-electron chi connectivity index (χ3n) is 4.67. The lowest BCUT2D eigenvalue weighted by Crippen LogP contribution is -2.42. The molecule has 4 nitrogen and oxygen atoms in total. The summed E-state index contributed by atoms with van der Waals surface area (Å²) in [6.45, 7) is 4.14. The topological polar surface area (TPSA) is 36.9 Å². The van der Waals surface area contributed by atoms with Crippen molar-refractivity contribution >= 4 is 29.9 Å². The predicted octanol–water partition coefficient (Wildman–Crippen LogP) is 2.87. The van der Waals surface area contributed by atoms with E-state index in [1.54, 1.807) is 7.11 Å². The highest BCUT2D eigenvalue weighted by Crippen LogP contribution is 2.43. The van der Waals surface area contributed by atoms with Crippen molar-refractivity contribution in [1.82, 2.24) is 10.2 Å². The van der Waals surface area contributed by atoms with E-state index in [1.165, 1.54) is 51.6 Å². The van der Waals surface area contributed by atoms with Crippen molar-refractivity contribution in [1.29, 1.82) is 0 Å². The normalized spacial score (nSPS) is 21.9. The van der Waals surface area contributed by atoms with Crippen LogP contribution in [0.5, 0.6) is 0 Å². The number of hydrogen-bond acceptors (Lipinski definition) is 2.